The summed E-state index contributed by atoms with van der Waals surface area (Å²) in [5.41, 5.74) is 0.284. The number of rotatable bonds is 5. The number of nitriles is 1. The quantitative estimate of drug-likeness (QED) is 0.848. The minimum atomic E-state index is -0.691. The van der Waals surface area contributed by atoms with Crippen molar-refractivity contribution in [3.63, 3.8) is 0 Å². The summed E-state index contributed by atoms with van der Waals surface area (Å²) in [5, 5.41) is 13.6. The molecule has 0 spiro atoms. The van der Waals surface area contributed by atoms with Crippen molar-refractivity contribution in [2.45, 2.75) is 10.6 Å². The van der Waals surface area contributed by atoms with Crippen LogP contribution in [-0.4, -0.2) is 17.8 Å². The highest BCUT2D eigenvalue weighted by Gasteiger charge is 2.30. The first kappa shape index (κ1) is 13.6. The summed E-state index contributed by atoms with van der Waals surface area (Å²) in [6.07, 6.45) is 1.76. The Hall–Kier alpha value is -1.83. The molecule has 1 atom stereocenters. The average molecular weight is 269 g/mol. The summed E-state index contributed by atoms with van der Waals surface area (Å²) < 4.78 is 0. The van der Waals surface area contributed by atoms with Crippen LogP contribution in [0.5, 0.6) is 0 Å². The lowest BCUT2D eigenvalue weighted by Crippen LogP contribution is -2.41. The molecule has 0 fully saturated rings. The van der Waals surface area contributed by atoms with Crippen LogP contribution in [-0.2, 0) is 5.54 Å². The molecule has 1 heterocycles. The van der Waals surface area contributed by atoms with E-state index in [4.69, 9.17) is 0 Å². The van der Waals surface area contributed by atoms with E-state index in [9.17, 15) is 5.26 Å². The van der Waals surface area contributed by atoms with Gasteiger partial charge in [-0.05, 0) is 24.7 Å². The molecule has 0 aliphatic carbocycles. The fourth-order valence-electron chi connectivity index (χ4n) is 1.79. The summed E-state index contributed by atoms with van der Waals surface area (Å²) in [7, 11) is 1.81. The molecule has 0 radical (unpaired) electrons. The summed E-state index contributed by atoms with van der Waals surface area (Å²) in [6.45, 7) is 0. The number of aromatic nitrogens is 1. The highest BCUT2D eigenvalue weighted by atomic mass is 32.2. The third kappa shape index (κ3) is 3.14. The minimum absolute atomic E-state index is 0.612. The summed E-state index contributed by atoms with van der Waals surface area (Å²) in [4.78, 5) is 4.27. The second-order valence-electron chi connectivity index (χ2n) is 4.09. The Labute approximate surface area is 117 Å². The molecule has 1 unspecified atom stereocenters. The zero-order valence-corrected chi connectivity index (χ0v) is 11.5. The second kappa shape index (κ2) is 6.37. The van der Waals surface area contributed by atoms with Gasteiger partial charge in [0.1, 0.15) is 5.54 Å². The zero-order valence-electron chi connectivity index (χ0n) is 10.7. The lowest BCUT2D eigenvalue weighted by Gasteiger charge is -2.26. The zero-order chi connectivity index (χ0) is 13.6. The van der Waals surface area contributed by atoms with Crippen molar-refractivity contribution in [2.24, 2.45) is 0 Å². The van der Waals surface area contributed by atoms with Crippen LogP contribution in [0.1, 0.15) is 5.56 Å². The Kier molecular flexibility index (Phi) is 4.56. The SMILES string of the molecule is CNC(C#N)(CSc1ccccn1)c1ccccc1. The van der Waals surface area contributed by atoms with E-state index >= 15 is 0 Å². The standard InChI is InChI=1S/C15H15N3S/c1-17-15(11-16,13-7-3-2-4-8-13)12-19-14-9-5-6-10-18-14/h2-10,17H,12H2,1H3. The lowest BCUT2D eigenvalue weighted by atomic mass is 9.94. The van der Waals surface area contributed by atoms with Crippen molar-refractivity contribution in [1.29, 1.82) is 5.26 Å². The van der Waals surface area contributed by atoms with Crippen LogP contribution in [0, 0.1) is 11.3 Å². The largest absolute Gasteiger partial charge is 0.298 e. The molecule has 0 amide bonds. The van der Waals surface area contributed by atoms with Crippen molar-refractivity contribution in [1.82, 2.24) is 10.3 Å². The van der Waals surface area contributed by atoms with Gasteiger partial charge < -0.3 is 0 Å². The predicted octanol–water partition coefficient (Wildman–Crippen LogP) is 2.81. The smallest absolute Gasteiger partial charge is 0.141 e. The topological polar surface area (TPSA) is 48.7 Å². The number of thioether (sulfide) groups is 1. The average Bonchev–Trinajstić information content (AvgIpc) is 2.51. The van der Waals surface area contributed by atoms with Gasteiger partial charge in [-0.2, -0.15) is 5.26 Å². The highest BCUT2D eigenvalue weighted by Crippen LogP contribution is 2.28. The van der Waals surface area contributed by atoms with E-state index < -0.39 is 5.54 Å². The van der Waals surface area contributed by atoms with E-state index in [1.807, 2.05) is 55.6 Å². The fourth-order valence-corrected chi connectivity index (χ4v) is 2.84. The maximum atomic E-state index is 9.56. The molecule has 3 nitrogen and oxygen atoms in total. The van der Waals surface area contributed by atoms with Gasteiger partial charge in [-0.3, -0.25) is 5.32 Å². The van der Waals surface area contributed by atoms with Gasteiger partial charge in [0.2, 0.25) is 0 Å². The first-order valence-electron chi connectivity index (χ1n) is 6.00. The maximum absolute atomic E-state index is 9.56. The Morgan fingerprint density at radius 2 is 1.95 bits per heavy atom. The Bertz CT molecular complexity index is 551. The summed E-state index contributed by atoms with van der Waals surface area (Å²) >= 11 is 1.58. The van der Waals surface area contributed by atoms with Crippen LogP contribution < -0.4 is 5.32 Å². The van der Waals surface area contributed by atoms with Crippen molar-refractivity contribution in [3.8, 4) is 6.07 Å². The summed E-state index contributed by atoms with van der Waals surface area (Å²) in [6, 6.07) is 18.0. The van der Waals surface area contributed by atoms with E-state index in [1.54, 1.807) is 18.0 Å². The molecule has 0 saturated carbocycles. The first-order chi connectivity index (χ1) is 9.30. The number of nitrogens with zero attached hydrogens (tertiary/aromatic N) is 2. The van der Waals surface area contributed by atoms with Gasteiger partial charge in [-0.15, -0.1) is 11.8 Å². The Morgan fingerprint density at radius 1 is 1.21 bits per heavy atom. The van der Waals surface area contributed by atoms with E-state index in [2.05, 4.69) is 16.4 Å². The number of pyridine rings is 1. The van der Waals surface area contributed by atoms with Crippen LogP contribution in [0.2, 0.25) is 0 Å². The monoisotopic (exact) mass is 269 g/mol. The third-order valence-electron chi connectivity index (χ3n) is 2.96. The molecule has 0 aliphatic rings. The van der Waals surface area contributed by atoms with Gasteiger partial charge in [0.15, 0.2) is 0 Å². The van der Waals surface area contributed by atoms with Crippen LogP contribution in [0.3, 0.4) is 0 Å². The molecule has 0 saturated heterocycles. The van der Waals surface area contributed by atoms with Crippen LogP contribution >= 0.6 is 11.8 Å². The number of benzene rings is 1. The summed E-state index contributed by atoms with van der Waals surface area (Å²) in [5.74, 6) is 0.612. The maximum Gasteiger partial charge on any atom is 0.141 e. The molecule has 96 valence electrons. The van der Waals surface area contributed by atoms with Crippen molar-refractivity contribution in [2.75, 3.05) is 12.8 Å². The van der Waals surface area contributed by atoms with Crippen LogP contribution in [0.25, 0.3) is 0 Å². The molecule has 4 heteroatoms. The van der Waals surface area contributed by atoms with Gasteiger partial charge in [0, 0.05) is 11.9 Å². The van der Waals surface area contributed by atoms with Gasteiger partial charge in [0.25, 0.3) is 0 Å². The normalized spacial score (nSPS) is 13.5. The predicted molar refractivity (Wildman–Crippen MR) is 77.8 cm³/mol. The number of nitrogens with one attached hydrogen (secondary N) is 1. The van der Waals surface area contributed by atoms with Crippen LogP contribution in [0.4, 0.5) is 0 Å². The molecule has 19 heavy (non-hydrogen) atoms. The third-order valence-corrected chi connectivity index (χ3v) is 4.07. The fraction of sp³-hybridized carbons (Fsp3) is 0.200. The van der Waals surface area contributed by atoms with Crippen molar-refractivity contribution < 1.29 is 0 Å². The Morgan fingerprint density at radius 3 is 2.53 bits per heavy atom. The van der Waals surface area contributed by atoms with Crippen LogP contribution in [0.15, 0.2) is 59.8 Å². The van der Waals surface area contributed by atoms with Gasteiger partial charge in [-0.1, -0.05) is 36.4 Å². The van der Waals surface area contributed by atoms with E-state index in [-0.39, 0.29) is 0 Å². The highest BCUT2D eigenvalue weighted by molar-refractivity contribution is 7.99. The van der Waals surface area contributed by atoms with E-state index in [0.29, 0.717) is 5.75 Å². The van der Waals surface area contributed by atoms with Gasteiger partial charge in [0.05, 0.1) is 11.1 Å². The molecule has 2 rings (SSSR count). The van der Waals surface area contributed by atoms with Gasteiger partial charge >= 0.3 is 0 Å². The Balaban J connectivity index is 2.20. The van der Waals surface area contributed by atoms with Crippen molar-refractivity contribution >= 4 is 11.8 Å². The molecular weight excluding hydrogens is 254 g/mol. The van der Waals surface area contributed by atoms with Gasteiger partial charge in [-0.25, -0.2) is 4.98 Å². The van der Waals surface area contributed by atoms with E-state index in [1.165, 1.54) is 0 Å². The van der Waals surface area contributed by atoms with E-state index in [0.717, 1.165) is 10.6 Å². The van der Waals surface area contributed by atoms with Crippen molar-refractivity contribution in [3.05, 3.63) is 60.3 Å². The molecule has 1 aromatic heterocycles. The lowest BCUT2D eigenvalue weighted by molar-refractivity contribution is 0.528. The second-order valence-corrected chi connectivity index (χ2v) is 5.09. The minimum Gasteiger partial charge on any atom is -0.298 e. The molecule has 1 aromatic carbocycles. The molecular formula is C15H15N3S. The molecule has 0 bridgehead atoms. The number of hydrogen-bond acceptors (Lipinski definition) is 4. The molecule has 0 aliphatic heterocycles. The molecule has 1 N–H and O–H groups in total. The number of hydrogen-bond donors (Lipinski definition) is 1. The molecule has 2 aromatic rings. The first-order valence-corrected chi connectivity index (χ1v) is 6.99.